The number of nitrogens with zero attached hydrogens (tertiary/aromatic N) is 2. The lowest BCUT2D eigenvalue weighted by atomic mass is 10.1. The molecule has 6 nitrogen and oxygen atoms in total. The third-order valence-electron chi connectivity index (χ3n) is 3.27. The Morgan fingerprint density at radius 3 is 3.00 bits per heavy atom. The van der Waals surface area contributed by atoms with Crippen molar-refractivity contribution < 1.29 is 14.7 Å². The molecule has 1 aliphatic heterocycles. The molecule has 0 bridgehead atoms. The van der Waals surface area contributed by atoms with Crippen molar-refractivity contribution in [2.24, 2.45) is 0 Å². The highest BCUT2D eigenvalue weighted by molar-refractivity contribution is 5.92. The number of piperidine rings is 1. The number of hydrogen-bond donors (Lipinski definition) is 2. The molecule has 0 aliphatic carbocycles. The SMILES string of the molecule is CN1CC(NC(=O)c2ccc(C#CCO)cn2)CCC1=O. The summed E-state index contributed by atoms with van der Waals surface area (Å²) < 4.78 is 0. The van der Waals surface area contributed by atoms with E-state index in [-0.39, 0.29) is 24.5 Å². The average molecular weight is 287 g/mol. The summed E-state index contributed by atoms with van der Waals surface area (Å²) in [5, 5.41) is 11.5. The van der Waals surface area contributed by atoms with Gasteiger partial charge in [0.05, 0.1) is 0 Å². The lowest BCUT2D eigenvalue weighted by Crippen LogP contribution is -2.48. The van der Waals surface area contributed by atoms with E-state index in [9.17, 15) is 9.59 Å². The van der Waals surface area contributed by atoms with Crippen molar-refractivity contribution in [3.05, 3.63) is 29.6 Å². The molecule has 1 aliphatic rings. The van der Waals surface area contributed by atoms with Gasteiger partial charge in [-0.1, -0.05) is 11.8 Å². The lowest BCUT2D eigenvalue weighted by Gasteiger charge is -2.30. The maximum absolute atomic E-state index is 12.1. The summed E-state index contributed by atoms with van der Waals surface area (Å²) >= 11 is 0. The first kappa shape index (κ1) is 15.0. The predicted octanol–water partition coefficient (Wildman–Crippen LogP) is -0.224. The maximum Gasteiger partial charge on any atom is 0.270 e. The Bertz CT molecular complexity index is 586. The van der Waals surface area contributed by atoms with Gasteiger partial charge in [-0.25, -0.2) is 4.98 Å². The molecule has 1 unspecified atom stereocenters. The van der Waals surface area contributed by atoms with Crippen LogP contribution in [0.15, 0.2) is 18.3 Å². The van der Waals surface area contributed by atoms with Crippen molar-refractivity contribution in [3.63, 3.8) is 0 Å². The zero-order chi connectivity index (χ0) is 15.2. The Balaban J connectivity index is 1.95. The van der Waals surface area contributed by atoms with Gasteiger partial charge in [0.1, 0.15) is 12.3 Å². The Labute approximate surface area is 123 Å². The number of aliphatic hydroxyl groups excluding tert-OH is 1. The van der Waals surface area contributed by atoms with Crippen molar-refractivity contribution in [2.45, 2.75) is 18.9 Å². The Kier molecular flexibility index (Phi) is 4.90. The zero-order valence-corrected chi connectivity index (χ0v) is 11.8. The molecule has 1 saturated heterocycles. The summed E-state index contributed by atoms with van der Waals surface area (Å²) in [6.07, 6.45) is 2.59. The standard InChI is InChI=1S/C15H17N3O3/c1-18-10-12(5-7-14(18)20)17-15(21)13-6-4-11(9-16-13)3-2-8-19/h4,6,9,12,19H,5,7-8,10H2,1H3,(H,17,21). The molecular weight excluding hydrogens is 270 g/mol. The van der Waals surface area contributed by atoms with E-state index in [0.717, 1.165) is 0 Å². The van der Waals surface area contributed by atoms with Gasteiger partial charge in [0.25, 0.3) is 5.91 Å². The van der Waals surface area contributed by atoms with E-state index in [1.807, 2.05) is 0 Å². The molecule has 1 fully saturated rings. The molecule has 1 aromatic heterocycles. The van der Waals surface area contributed by atoms with Crippen LogP contribution in [-0.4, -0.2) is 53.0 Å². The fraction of sp³-hybridized carbons (Fsp3) is 0.400. The van der Waals surface area contributed by atoms with Crippen molar-refractivity contribution in [1.29, 1.82) is 0 Å². The first-order valence-electron chi connectivity index (χ1n) is 6.70. The number of carbonyl (C=O) groups is 2. The molecule has 6 heteroatoms. The lowest BCUT2D eigenvalue weighted by molar-refractivity contribution is -0.132. The van der Waals surface area contributed by atoms with E-state index in [2.05, 4.69) is 22.1 Å². The second kappa shape index (κ2) is 6.86. The largest absolute Gasteiger partial charge is 0.384 e. The van der Waals surface area contributed by atoms with E-state index in [1.165, 1.54) is 6.20 Å². The van der Waals surface area contributed by atoms with Crippen LogP contribution in [0, 0.1) is 11.8 Å². The quantitative estimate of drug-likeness (QED) is 0.737. The molecule has 21 heavy (non-hydrogen) atoms. The van der Waals surface area contributed by atoms with Crippen molar-refractivity contribution >= 4 is 11.8 Å². The third-order valence-corrected chi connectivity index (χ3v) is 3.27. The van der Waals surface area contributed by atoms with Gasteiger partial charge in [-0.05, 0) is 18.6 Å². The van der Waals surface area contributed by atoms with Gasteiger partial charge in [-0.3, -0.25) is 9.59 Å². The van der Waals surface area contributed by atoms with Crippen LogP contribution < -0.4 is 5.32 Å². The molecule has 1 aromatic rings. The zero-order valence-electron chi connectivity index (χ0n) is 11.8. The van der Waals surface area contributed by atoms with E-state index in [0.29, 0.717) is 30.6 Å². The van der Waals surface area contributed by atoms with Crippen LogP contribution in [0.1, 0.15) is 28.9 Å². The first-order chi connectivity index (χ1) is 10.1. The van der Waals surface area contributed by atoms with Crippen LogP contribution in [0.2, 0.25) is 0 Å². The number of likely N-dealkylation sites (N-methyl/N-ethyl adjacent to an activating group) is 1. The minimum atomic E-state index is -0.260. The number of likely N-dealkylation sites (tertiary alicyclic amines) is 1. The Hall–Kier alpha value is -2.39. The van der Waals surface area contributed by atoms with Crippen molar-refractivity contribution in [3.8, 4) is 11.8 Å². The Morgan fingerprint density at radius 2 is 2.38 bits per heavy atom. The van der Waals surface area contributed by atoms with Gasteiger partial charge < -0.3 is 15.3 Å². The van der Waals surface area contributed by atoms with Crippen LogP contribution in [0.3, 0.4) is 0 Å². The molecule has 0 radical (unpaired) electrons. The predicted molar refractivity (Wildman–Crippen MR) is 76.3 cm³/mol. The molecule has 0 saturated carbocycles. The fourth-order valence-corrected chi connectivity index (χ4v) is 2.13. The second-order valence-electron chi connectivity index (χ2n) is 4.88. The van der Waals surface area contributed by atoms with Crippen LogP contribution in [0.5, 0.6) is 0 Å². The molecule has 2 amide bonds. The molecule has 2 heterocycles. The van der Waals surface area contributed by atoms with Crippen LogP contribution in [-0.2, 0) is 4.79 Å². The normalized spacial score (nSPS) is 17.9. The fourth-order valence-electron chi connectivity index (χ4n) is 2.13. The molecule has 0 spiro atoms. The number of amides is 2. The molecule has 1 atom stereocenters. The molecule has 2 rings (SSSR count). The molecule has 0 aromatic carbocycles. The molecule has 110 valence electrons. The van der Waals surface area contributed by atoms with Gasteiger partial charge in [0.15, 0.2) is 0 Å². The van der Waals surface area contributed by atoms with Crippen molar-refractivity contribution in [2.75, 3.05) is 20.2 Å². The van der Waals surface area contributed by atoms with Crippen molar-refractivity contribution in [1.82, 2.24) is 15.2 Å². The molecule has 2 N–H and O–H groups in total. The van der Waals surface area contributed by atoms with Crippen LogP contribution in [0.25, 0.3) is 0 Å². The van der Waals surface area contributed by atoms with Gasteiger partial charge in [-0.15, -0.1) is 0 Å². The number of hydrogen-bond acceptors (Lipinski definition) is 4. The highest BCUT2D eigenvalue weighted by Gasteiger charge is 2.24. The summed E-state index contributed by atoms with van der Waals surface area (Å²) in [4.78, 5) is 29.1. The maximum atomic E-state index is 12.1. The van der Waals surface area contributed by atoms with Gasteiger partial charge >= 0.3 is 0 Å². The minimum Gasteiger partial charge on any atom is -0.384 e. The summed E-state index contributed by atoms with van der Waals surface area (Å²) in [6.45, 7) is 0.306. The monoisotopic (exact) mass is 287 g/mol. The van der Waals surface area contributed by atoms with E-state index < -0.39 is 0 Å². The summed E-state index contributed by atoms with van der Waals surface area (Å²) in [6, 6.07) is 3.23. The number of rotatable bonds is 2. The highest BCUT2D eigenvalue weighted by Crippen LogP contribution is 2.10. The van der Waals surface area contributed by atoms with Gasteiger partial charge in [0.2, 0.25) is 5.91 Å². The summed E-state index contributed by atoms with van der Waals surface area (Å²) in [5.41, 5.74) is 0.952. The number of aliphatic hydroxyl groups is 1. The van der Waals surface area contributed by atoms with E-state index in [1.54, 1.807) is 24.1 Å². The first-order valence-corrected chi connectivity index (χ1v) is 6.70. The van der Waals surface area contributed by atoms with Crippen LogP contribution >= 0.6 is 0 Å². The number of carbonyl (C=O) groups excluding carboxylic acids is 2. The second-order valence-corrected chi connectivity index (χ2v) is 4.88. The minimum absolute atomic E-state index is 0.0455. The van der Waals surface area contributed by atoms with Gasteiger partial charge in [0, 0.05) is 37.8 Å². The molecular formula is C15H17N3O3. The van der Waals surface area contributed by atoms with Gasteiger partial charge in [-0.2, -0.15) is 0 Å². The summed E-state index contributed by atoms with van der Waals surface area (Å²) in [5.74, 6) is 5.07. The topological polar surface area (TPSA) is 82.5 Å². The van der Waals surface area contributed by atoms with E-state index in [4.69, 9.17) is 5.11 Å². The number of aromatic nitrogens is 1. The Morgan fingerprint density at radius 1 is 1.57 bits per heavy atom. The van der Waals surface area contributed by atoms with Crippen LogP contribution in [0.4, 0.5) is 0 Å². The average Bonchev–Trinajstić information content (AvgIpc) is 2.49. The number of pyridine rings is 1. The third kappa shape index (κ3) is 4.04. The van der Waals surface area contributed by atoms with E-state index >= 15 is 0 Å². The highest BCUT2D eigenvalue weighted by atomic mass is 16.2. The smallest absolute Gasteiger partial charge is 0.270 e. The summed E-state index contributed by atoms with van der Waals surface area (Å²) in [7, 11) is 1.73. The number of nitrogens with one attached hydrogen (secondary N) is 1.